The fourth-order valence-corrected chi connectivity index (χ4v) is 6.94. The number of fused-ring (bicyclic) bond motifs is 3. The van der Waals surface area contributed by atoms with E-state index in [4.69, 9.17) is 18.9 Å². The number of ether oxygens (including phenoxy) is 4. The lowest BCUT2D eigenvalue weighted by atomic mass is 9.67. The van der Waals surface area contributed by atoms with Crippen molar-refractivity contribution in [2.75, 3.05) is 28.4 Å². The maximum atomic E-state index is 4.91. The van der Waals surface area contributed by atoms with Crippen molar-refractivity contribution in [2.45, 2.75) is 19.3 Å². The molecule has 8 aromatic carbocycles. The van der Waals surface area contributed by atoms with E-state index in [9.17, 15) is 0 Å². The summed E-state index contributed by atoms with van der Waals surface area (Å²) in [5.41, 5.74) is 10.5. The molecule has 0 radical (unpaired) electrons. The van der Waals surface area contributed by atoms with Gasteiger partial charge in [0.25, 0.3) is 0 Å². The Kier molecular flexibility index (Phi) is 16.5. The molecule has 0 atom stereocenters. The van der Waals surface area contributed by atoms with Crippen LogP contribution in [0.1, 0.15) is 33.4 Å². The SMILES string of the molecule is COc1ccccc1.COc1ccccc1.COc1ccccc1.COc1ccccc1.Cc1ccc2c(c1)C(c1ccccc1)(c1ccccc1)c1cc(C)ccc1-2. The summed E-state index contributed by atoms with van der Waals surface area (Å²) >= 11 is 0. The smallest absolute Gasteiger partial charge is 0.118 e. The van der Waals surface area contributed by atoms with Gasteiger partial charge in [-0.3, -0.25) is 0 Å². The Bertz CT molecular complexity index is 2120. The van der Waals surface area contributed by atoms with Crippen molar-refractivity contribution < 1.29 is 18.9 Å². The summed E-state index contributed by atoms with van der Waals surface area (Å²) in [5, 5.41) is 0. The summed E-state index contributed by atoms with van der Waals surface area (Å²) in [6.07, 6.45) is 0. The van der Waals surface area contributed by atoms with Crippen molar-refractivity contribution >= 4 is 0 Å². The fourth-order valence-electron chi connectivity index (χ4n) is 6.94. The van der Waals surface area contributed by atoms with Gasteiger partial charge in [0.05, 0.1) is 33.9 Å². The second-order valence-electron chi connectivity index (χ2n) is 13.6. The van der Waals surface area contributed by atoms with Gasteiger partial charge >= 0.3 is 0 Å². The third kappa shape index (κ3) is 11.5. The fraction of sp³-hybridized carbons (Fsp3) is 0.127. The Balaban J connectivity index is 0.000000168. The molecule has 0 saturated carbocycles. The molecule has 59 heavy (non-hydrogen) atoms. The van der Waals surface area contributed by atoms with E-state index >= 15 is 0 Å². The van der Waals surface area contributed by atoms with Crippen LogP contribution in [-0.4, -0.2) is 28.4 Å². The van der Waals surface area contributed by atoms with Gasteiger partial charge in [0.15, 0.2) is 0 Å². The largest absolute Gasteiger partial charge is 0.497 e. The van der Waals surface area contributed by atoms with Gasteiger partial charge in [0.1, 0.15) is 23.0 Å². The number of rotatable bonds is 6. The molecular formula is C55H54O4. The molecular weight excluding hydrogens is 725 g/mol. The Morgan fingerprint density at radius 1 is 0.288 bits per heavy atom. The van der Waals surface area contributed by atoms with Crippen molar-refractivity contribution in [2.24, 2.45) is 0 Å². The van der Waals surface area contributed by atoms with Gasteiger partial charge in [0, 0.05) is 0 Å². The molecule has 0 N–H and O–H groups in total. The molecule has 1 aliphatic carbocycles. The molecule has 0 saturated heterocycles. The topological polar surface area (TPSA) is 36.9 Å². The normalized spacial score (nSPS) is 11.0. The Hall–Kier alpha value is -7.04. The summed E-state index contributed by atoms with van der Waals surface area (Å²) < 4.78 is 19.7. The molecule has 9 rings (SSSR count). The summed E-state index contributed by atoms with van der Waals surface area (Å²) in [7, 11) is 6.65. The van der Waals surface area contributed by atoms with Crippen LogP contribution in [0.25, 0.3) is 11.1 Å². The zero-order valence-electron chi connectivity index (χ0n) is 34.9. The van der Waals surface area contributed by atoms with E-state index in [-0.39, 0.29) is 5.41 Å². The van der Waals surface area contributed by atoms with Crippen LogP contribution in [-0.2, 0) is 5.41 Å². The van der Waals surface area contributed by atoms with E-state index in [1.54, 1.807) is 28.4 Å². The first-order valence-electron chi connectivity index (χ1n) is 19.6. The highest BCUT2D eigenvalue weighted by Gasteiger charge is 2.46. The van der Waals surface area contributed by atoms with Gasteiger partial charge in [-0.2, -0.15) is 0 Å². The van der Waals surface area contributed by atoms with Gasteiger partial charge in [-0.15, -0.1) is 0 Å². The molecule has 4 nitrogen and oxygen atoms in total. The molecule has 0 bridgehead atoms. The Labute approximate surface area is 351 Å². The molecule has 8 aromatic rings. The number of hydrogen-bond acceptors (Lipinski definition) is 4. The molecule has 0 aromatic heterocycles. The van der Waals surface area contributed by atoms with Gasteiger partial charge in [0.2, 0.25) is 0 Å². The van der Waals surface area contributed by atoms with Crippen molar-refractivity contribution in [3.63, 3.8) is 0 Å². The molecule has 4 heteroatoms. The second-order valence-corrected chi connectivity index (χ2v) is 13.6. The minimum atomic E-state index is -0.273. The van der Waals surface area contributed by atoms with Gasteiger partial charge in [-0.1, -0.05) is 181 Å². The Morgan fingerprint density at radius 3 is 0.746 bits per heavy atom. The zero-order valence-corrected chi connectivity index (χ0v) is 34.9. The van der Waals surface area contributed by atoms with Crippen LogP contribution in [0.5, 0.6) is 23.0 Å². The molecule has 0 aliphatic heterocycles. The standard InChI is InChI=1S/C27H22.4C7H8O/c1-19-13-15-23-24-16-14-20(2)18-26(24)27(25(23)17-19,21-9-5-3-6-10-21)22-11-7-4-8-12-22;4*1-8-7-5-3-2-4-6-7/h3-18H,1-2H3;4*2-6H,1H3. The molecule has 0 amide bonds. The van der Waals surface area contributed by atoms with Gasteiger partial charge < -0.3 is 18.9 Å². The molecule has 0 unspecified atom stereocenters. The summed E-state index contributed by atoms with van der Waals surface area (Å²) in [5.74, 6) is 3.64. The average Bonchev–Trinajstić information content (AvgIpc) is 3.60. The van der Waals surface area contributed by atoms with E-state index in [2.05, 4.69) is 111 Å². The monoisotopic (exact) mass is 778 g/mol. The van der Waals surface area contributed by atoms with Crippen LogP contribution in [0.3, 0.4) is 0 Å². The lowest BCUT2D eigenvalue weighted by Gasteiger charge is -2.34. The van der Waals surface area contributed by atoms with Crippen LogP contribution in [0.4, 0.5) is 0 Å². The quantitative estimate of drug-likeness (QED) is 0.168. The number of aryl methyl sites for hydroxylation is 2. The Morgan fingerprint density at radius 2 is 0.525 bits per heavy atom. The molecule has 1 aliphatic rings. The van der Waals surface area contributed by atoms with Gasteiger partial charge in [-0.25, -0.2) is 0 Å². The second kappa shape index (κ2) is 22.6. The van der Waals surface area contributed by atoms with Crippen molar-refractivity contribution in [1.29, 1.82) is 0 Å². The molecule has 0 fully saturated rings. The van der Waals surface area contributed by atoms with Crippen molar-refractivity contribution in [3.05, 3.63) is 252 Å². The maximum Gasteiger partial charge on any atom is 0.118 e. The first-order valence-corrected chi connectivity index (χ1v) is 19.6. The molecule has 298 valence electrons. The van der Waals surface area contributed by atoms with Crippen LogP contribution < -0.4 is 18.9 Å². The van der Waals surface area contributed by atoms with Crippen LogP contribution in [0, 0.1) is 13.8 Å². The first kappa shape index (κ1) is 43.1. The highest BCUT2D eigenvalue weighted by atomic mass is 16.5. The number of para-hydroxylation sites is 4. The lowest BCUT2D eigenvalue weighted by molar-refractivity contribution is 0.414. The predicted octanol–water partition coefficient (Wildman–Crippen LogP) is 13.4. The third-order valence-electron chi connectivity index (χ3n) is 9.78. The zero-order chi connectivity index (χ0) is 41.7. The summed E-state index contributed by atoms with van der Waals surface area (Å²) in [4.78, 5) is 0. The number of hydrogen-bond donors (Lipinski definition) is 0. The summed E-state index contributed by atoms with van der Waals surface area (Å²) in [6.45, 7) is 4.38. The first-order chi connectivity index (χ1) is 28.9. The predicted molar refractivity (Wildman–Crippen MR) is 245 cm³/mol. The van der Waals surface area contributed by atoms with Crippen molar-refractivity contribution in [1.82, 2.24) is 0 Å². The maximum absolute atomic E-state index is 4.91. The highest BCUT2D eigenvalue weighted by Crippen LogP contribution is 2.56. The minimum Gasteiger partial charge on any atom is -0.497 e. The number of methoxy groups -OCH3 is 4. The average molecular weight is 779 g/mol. The lowest BCUT2D eigenvalue weighted by Crippen LogP contribution is -2.28. The van der Waals surface area contributed by atoms with Crippen LogP contribution >= 0.6 is 0 Å². The highest BCUT2D eigenvalue weighted by molar-refractivity contribution is 5.86. The third-order valence-corrected chi connectivity index (χ3v) is 9.78. The van der Waals surface area contributed by atoms with E-state index < -0.39 is 0 Å². The summed E-state index contributed by atoms with van der Waals surface area (Å²) in [6, 6.07) is 74.5. The molecule has 0 heterocycles. The van der Waals surface area contributed by atoms with Crippen LogP contribution in [0.2, 0.25) is 0 Å². The molecule has 0 spiro atoms. The number of benzene rings is 8. The van der Waals surface area contributed by atoms with Crippen LogP contribution in [0.15, 0.2) is 218 Å². The van der Waals surface area contributed by atoms with E-state index in [1.165, 1.54) is 44.5 Å². The van der Waals surface area contributed by atoms with E-state index in [0.29, 0.717) is 0 Å². The van der Waals surface area contributed by atoms with E-state index in [1.807, 2.05) is 121 Å². The minimum absolute atomic E-state index is 0.273. The van der Waals surface area contributed by atoms with E-state index in [0.717, 1.165) is 23.0 Å². The van der Waals surface area contributed by atoms with Gasteiger partial charge in [-0.05, 0) is 95.8 Å². The van der Waals surface area contributed by atoms with Crippen molar-refractivity contribution in [3.8, 4) is 34.1 Å².